The maximum atomic E-state index is 5.66. The molecule has 0 aliphatic heterocycles. The molecule has 0 fully saturated rings. The van der Waals surface area contributed by atoms with E-state index in [4.69, 9.17) is 5.73 Å². The Bertz CT molecular complexity index is 601. The van der Waals surface area contributed by atoms with E-state index in [0.717, 1.165) is 11.4 Å². The lowest BCUT2D eigenvalue weighted by molar-refractivity contribution is 0.589. The number of nitrogens with zero attached hydrogens (tertiary/aromatic N) is 2. The highest BCUT2D eigenvalue weighted by Gasteiger charge is 2.17. The summed E-state index contributed by atoms with van der Waals surface area (Å²) >= 11 is 0. The van der Waals surface area contributed by atoms with Gasteiger partial charge in [0.05, 0.1) is 11.4 Å². The largest absolute Gasteiger partial charge is 0.325 e. The Morgan fingerprint density at radius 3 is 2.10 bits per heavy atom. The second-order valence-corrected chi connectivity index (χ2v) is 6.33. The van der Waals surface area contributed by atoms with Gasteiger partial charge in [-0.15, -0.1) is 0 Å². The van der Waals surface area contributed by atoms with E-state index in [1.165, 1.54) is 22.3 Å². The minimum atomic E-state index is 0.155. The van der Waals surface area contributed by atoms with Gasteiger partial charge >= 0.3 is 0 Å². The molecule has 0 atom stereocenters. The normalized spacial score (nSPS) is 11.7. The second-order valence-electron chi connectivity index (χ2n) is 6.33. The number of benzene rings is 1. The molecule has 1 aromatic heterocycles. The average Bonchev–Trinajstić information content (AvgIpc) is 2.37. The molecule has 106 valence electrons. The summed E-state index contributed by atoms with van der Waals surface area (Å²) in [6, 6.07) is 6.49. The van der Waals surface area contributed by atoms with Gasteiger partial charge in [0.15, 0.2) is 0 Å². The first-order valence-electron chi connectivity index (χ1n) is 6.96. The van der Waals surface area contributed by atoms with Crippen LogP contribution in [0.2, 0.25) is 0 Å². The van der Waals surface area contributed by atoms with Crippen LogP contribution in [-0.4, -0.2) is 9.97 Å². The van der Waals surface area contributed by atoms with Crippen LogP contribution in [0.5, 0.6) is 0 Å². The topological polar surface area (TPSA) is 51.8 Å². The van der Waals surface area contributed by atoms with E-state index in [2.05, 4.69) is 56.7 Å². The summed E-state index contributed by atoms with van der Waals surface area (Å²) in [6.45, 7) is 11.4. The first-order valence-corrected chi connectivity index (χ1v) is 6.96. The Morgan fingerprint density at radius 2 is 1.60 bits per heavy atom. The summed E-state index contributed by atoms with van der Waals surface area (Å²) in [6.07, 6.45) is 1.59. The molecular formula is C17H23N3. The number of nitrogens with two attached hydrogens (primary N) is 1. The van der Waals surface area contributed by atoms with Crippen LogP contribution in [-0.2, 0) is 12.0 Å². The fraction of sp³-hybridized carbons (Fsp3) is 0.412. The van der Waals surface area contributed by atoms with Crippen molar-refractivity contribution in [2.75, 3.05) is 0 Å². The van der Waals surface area contributed by atoms with Gasteiger partial charge in [0.1, 0.15) is 6.33 Å². The van der Waals surface area contributed by atoms with Crippen molar-refractivity contribution in [3.63, 3.8) is 0 Å². The summed E-state index contributed by atoms with van der Waals surface area (Å²) < 4.78 is 0. The Balaban J connectivity index is 2.58. The van der Waals surface area contributed by atoms with Crippen LogP contribution in [0.15, 0.2) is 24.5 Å². The molecule has 0 saturated carbocycles. The van der Waals surface area contributed by atoms with Gasteiger partial charge in [0.25, 0.3) is 0 Å². The molecule has 0 aliphatic carbocycles. The number of rotatable bonds is 2. The molecule has 0 bridgehead atoms. The first kappa shape index (κ1) is 14.7. The number of aryl methyl sites for hydroxylation is 2. The molecule has 2 rings (SSSR count). The van der Waals surface area contributed by atoms with Gasteiger partial charge in [-0.25, -0.2) is 9.97 Å². The van der Waals surface area contributed by atoms with E-state index >= 15 is 0 Å². The zero-order valence-electron chi connectivity index (χ0n) is 13.0. The predicted octanol–water partition coefficient (Wildman–Crippen LogP) is 3.52. The van der Waals surface area contributed by atoms with Crippen LogP contribution in [0.1, 0.15) is 43.2 Å². The third-order valence-corrected chi connectivity index (χ3v) is 3.59. The van der Waals surface area contributed by atoms with Crippen molar-refractivity contribution in [2.24, 2.45) is 5.73 Å². The van der Waals surface area contributed by atoms with Crippen molar-refractivity contribution in [3.05, 3.63) is 46.9 Å². The zero-order chi connectivity index (χ0) is 14.9. The van der Waals surface area contributed by atoms with Crippen LogP contribution in [0.3, 0.4) is 0 Å². The molecule has 3 nitrogen and oxygen atoms in total. The molecule has 2 aromatic rings. The van der Waals surface area contributed by atoms with E-state index in [1.54, 1.807) is 6.33 Å². The molecule has 0 amide bonds. The Labute approximate surface area is 121 Å². The van der Waals surface area contributed by atoms with Crippen LogP contribution < -0.4 is 5.73 Å². The quantitative estimate of drug-likeness (QED) is 0.907. The van der Waals surface area contributed by atoms with Gasteiger partial charge in [-0.3, -0.25) is 0 Å². The van der Waals surface area contributed by atoms with Gasteiger partial charge in [-0.1, -0.05) is 32.9 Å². The van der Waals surface area contributed by atoms with Crippen molar-refractivity contribution in [1.29, 1.82) is 0 Å². The second kappa shape index (κ2) is 5.33. The van der Waals surface area contributed by atoms with Crippen LogP contribution in [0, 0.1) is 13.8 Å². The highest BCUT2D eigenvalue weighted by molar-refractivity contribution is 5.68. The number of hydrogen-bond acceptors (Lipinski definition) is 3. The summed E-state index contributed by atoms with van der Waals surface area (Å²) in [4.78, 5) is 8.57. The van der Waals surface area contributed by atoms with Crippen molar-refractivity contribution >= 4 is 0 Å². The third-order valence-electron chi connectivity index (χ3n) is 3.59. The van der Waals surface area contributed by atoms with E-state index in [1.807, 2.05) is 6.07 Å². The molecule has 0 unspecified atom stereocenters. The number of hydrogen-bond donors (Lipinski definition) is 1. The Hall–Kier alpha value is -1.74. The fourth-order valence-electron chi connectivity index (χ4n) is 2.45. The first-order chi connectivity index (χ1) is 9.32. The fourth-order valence-corrected chi connectivity index (χ4v) is 2.45. The molecule has 0 spiro atoms. The smallest absolute Gasteiger partial charge is 0.116 e. The molecule has 1 heterocycles. The van der Waals surface area contributed by atoms with Gasteiger partial charge in [-0.05, 0) is 42.0 Å². The zero-order valence-corrected chi connectivity index (χ0v) is 13.0. The van der Waals surface area contributed by atoms with Crippen LogP contribution in [0.25, 0.3) is 11.3 Å². The molecule has 0 saturated heterocycles. The third kappa shape index (κ3) is 2.88. The highest BCUT2D eigenvalue weighted by Crippen LogP contribution is 2.31. The standard InChI is InChI=1S/C17H23N3/c1-11-6-13(17(3,4)5)7-12(2)16(11)15-8-14(9-18)19-10-20-15/h6-8,10H,9,18H2,1-5H3. The minimum absolute atomic E-state index is 0.155. The Kier molecular flexibility index (Phi) is 3.91. The summed E-state index contributed by atoms with van der Waals surface area (Å²) in [7, 11) is 0. The van der Waals surface area contributed by atoms with Gasteiger partial charge in [0, 0.05) is 12.1 Å². The van der Waals surface area contributed by atoms with Crippen molar-refractivity contribution in [2.45, 2.75) is 46.6 Å². The van der Waals surface area contributed by atoms with Gasteiger partial charge in [-0.2, -0.15) is 0 Å². The number of aromatic nitrogens is 2. The molecule has 0 radical (unpaired) electrons. The Morgan fingerprint density at radius 1 is 1.00 bits per heavy atom. The molecule has 0 aliphatic rings. The molecular weight excluding hydrogens is 246 g/mol. The van der Waals surface area contributed by atoms with E-state index in [0.29, 0.717) is 6.54 Å². The molecule has 3 heteroatoms. The predicted molar refractivity (Wildman–Crippen MR) is 83.5 cm³/mol. The molecule has 2 N–H and O–H groups in total. The highest BCUT2D eigenvalue weighted by atomic mass is 14.8. The monoisotopic (exact) mass is 269 g/mol. The van der Waals surface area contributed by atoms with Crippen LogP contribution >= 0.6 is 0 Å². The van der Waals surface area contributed by atoms with Crippen molar-refractivity contribution < 1.29 is 0 Å². The van der Waals surface area contributed by atoms with Crippen LogP contribution in [0.4, 0.5) is 0 Å². The lowest BCUT2D eigenvalue weighted by Gasteiger charge is -2.22. The SMILES string of the molecule is Cc1cc(C(C)(C)C)cc(C)c1-c1cc(CN)ncn1. The van der Waals surface area contributed by atoms with Crippen molar-refractivity contribution in [1.82, 2.24) is 9.97 Å². The van der Waals surface area contributed by atoms with Crippen molar-refractivity contribution in [3.8, 4) is 11.3 Å². The maximum Gasteiger partial charge on any atom is 0.116 e. The van der Waals surface area contributed by atoms with Gasteiger partial charge in [0.2, 0.25) is 0 Å². The lowest BCUT2D eigenvalue weighted by Crippen LogP contribution is -2.12. The summed E-state index contributed by atoms with van der Waals surface area (Å²) in [5, 5.41) is 0. The van der Waals surface area contributed by atoms with E-state index in [-0.39, 0.29) is 5.41 Å². The maximum absolute atomic E-state index is 5.66. The summed E-state index contributed by atoms with van der Waals surface area (Å²) in [5.41, 5.74) is 12.7. The molecule has 20 heavy (non-hydrogen) atoms. The van der Waals surface area contributed by atoms with E-state index in [9.17, 15) is 0 Å². The lowest BCUT2D eigenvalue weighted by atomic mass is 9.83. The minimum Gasteiger partial charge on any atom is -0.325 e. The average molecular weight is 269 g/mol. The molecule has 1 aromatic carbocycles. The van der Waals surface area contributed by atoms with Gasteiger partial charge < -0.3 is 5.73 Å². The van der Waals surface area contributed by atoms with E-state index < -0.39 is 0 Å². The summed E-state index contributed by atoms with van der Waals surface area (Å²) in [5.74, 6) is 0.